The van der Waals surface area contributed by atoms with Crippen LogP contribution < -0.4 is 5.32 Å². The van der Waals surface area contributed by atoms with E-state index in [1.165, 1.54) is 32.1 Å². The van der Waals surface area contributed by atoms with Gasteiger partial charge in [-0.2, -0.15) is 0 Å². The van der Waals surface area contributed by atoms with Crippen LogP contribution in [0.15, 0.2) is 0 Å². The minimum Gasteiger partial charge on any atom is -0.383 e. The van der Waals surface area contributed by atoms with E-state index in [-0.39, 0.29) is 0 Å². The van der Waals surface area contributed by atoms with E-state index in [0.29, 0.717) is 12.1 Å². The van der Waals surface area contributed by atoms with Gasteiger partial charge in [-0.3, -0.25) is 4.90 Å². The molecule has 0 saturated heterocycles. The molecular weight excluding hydrogens is 264 g/mol. The third-order valence-electron chi connectivity index (χ3n) is 4.71. The molecule has 21 heavy (non-hydrogen) atoms. The topological polar surface area (TPSA) is 33.7 Å². The van der Waals surface area contributed by atoms with Crippen molar-refractivity contribution in [3.8, 4) is 0 Å². The van der Waals surface area contributed by atoms with Crippen LogP contribution >= 0.6 is 0 Å². The lowest BCUT2D eigenvalue weighted by Crippen LogP contribution is -2.46. The molecule has 0 aromatic rings. The van der Waals surface area contributed by atoms with Crippen LogP contribution in [0.5, 0.6) is 0 Å². The predicted octanol–water partition coefficient (Wildman–Crippen LogP) is 2.53. The van der Waals surface area contributed by atoms with Crippen molar-refractivity contribution >= 4 is 0 Å². The maximum atomic E-state index is 5.35. The van der Waals surface area contributed by atoms with Crippen molar-refractivity contribution in [3.63, 3.8) is 0 Å². The molecule has 1 fully saturated rings. The largest absolute Gasteiger partial charge is 0.383 e. The SMILES string of the molecule is CCNC1CCCCCC1CN(CCOC)C(C)COC. The van der Waals surface area contributed by atoms with Crippen molar-refractivity contribution in [1.29, 1.82) is 0 Å². The van der Waals surface area contributed by atoms with Crippen LogP contribution in [0.25, 0.3) is 0 Å². The van der Waals surface area contributed by atoms with Gasteiger partial charge < -0.3 is 14.8 Å². The summed E-state index contributed by atoms with van der Waals surface area (Å²) in [5.74, 6) is 0.753. The number of rotatable bonds is 10. The Kier molecular flexibility index (Phi) is 10.3. The molecule has 0 bridgehead atoms. The van der Waals surface area contributed by atoms with Gasteiger partial charge in [-0.15, -0.1) is 0 Å². The summed E-state index contributed by atoms with van der Waals surface area (Å²) in [6.45, 7) is 9.31. The van der Waals surface area contributed by atoms with Crippen molar-refractivity contribution < 1.29 is 9.47 Å². The van der Waals surface area contributed by atoms with Gasteiger partial charge in [-0.05, 0) is 32.2 Å². The van der Waals surface area contributed by atoms with Crippen LogP contribution in [-0.4, -0.2) is 64.1 Å². The summed E-state index contributed by atoms with van der Waals surface area (Å²) < 4.78 is 10.6. The number of ether oxygens (including phenoxy) is 2. The zero-order valence-corrected chi connectivity index (χ0v) is 14.6. The Balaban J connectivity index is 2.62. The van der Waals surface area contributed by atoms with E-state index in [0.717, 1.165) is 38.8 Å². The Hall–Kier alpha value is -0.160. The van der Waals surface area contributed by atoms with Crippen LogP contribution in [0, 0.1) is 5.92 Å². The van der Waals surface area contributed by atoms with E-state index in [1.54, 1.807) is 14.2 Å². The quantitative estimate of drug-likeness (QED) is 0.629. The van der Waals surface area contributed by atoms with Gasteiger partial charge in [0.25, 0.3) is 0 Å². The Bertz CT molecular complexity index is 251. The summed E-state index contributed by atoms with van der Waals surface area (Å²) in [7, 11) is 3.57. The molecule has 1 rings (SSSR count). The summed E-state index contributed by atoms with van der Waals surface area (Å²) in [6.07, 6.45) is 6.82. The van der Waals surface area contributed by atoms with Crippen molar-refractivity contribution in [1.82, 2.24) is 10.2 Å². The molecule has 1 saturated carbocycles. The average Bonchev–Trinajstić information content (AvgIpc) is 2.69. The van der Waals surface area contributed by atoms with E-state index in [9.17, 15) is 0 Å². The minimum atomic E-state index is 0.454. The standard InChI is InChI=1S/C17H36N2O2/c1-5-18-17-10-8-6-7-9-16(17)13-19(11-12-20-3)15(2)14-21-4/h15-18H,5-14H2,1-4H3. The van der Waals surface area contributed by atoms with Crippen molar-refractivity contribution in [2.75, 3.05) is 47.1 Å². The third kappa shape index (κ3) is 7.09. The number of hydrogen-bond acceptors (Lipinski definition) is 4. The summed E-state index contributed by atoms with van der Waals surface area (Å²) in [4.78, 5) is 2.55. The second-order valence-electron chi connectivity index (χ2n) is 6.35. The molecule has 0 aromatic heterocycles. The first kappa shape index (κ1) is 18.9. The van der Waals surface area contributed by atoms with Gasteiger partial charge in [0.15, 0.2) is 0 Å². The lowest BCUT2D eigenvalue weighted by Gasteiger charge is -2.35. The smallest absolute Gasteiger partial charge is 0.0615 e. The zero-order chi connectivity index (χ0) is 15.5. The Morgan fingerprint density at radius 2 is 1.90 bits per heavy atom. The van der Waals surface area contributed by atoms with Crippen LogP contribution in [-0.2, 0) is 9.47 Å². The number of hydrogen-bond donors (Lipinski definition) is 1. The normalized spacial score (nSPS) is 25.0. The molecule has 126 valence electrons. The molecule has 0 aliphatic heterocycles. The van der Waals surface area contributed by atoms with Gasteiger partial charge in [0.1, 0.15) is 0 Å². The lowest BCUT2D eigenvalue weighted by atomic mass is 9.93. The van der Waals surface area contributed by atoms with Gasteiger partial charge >= 0.3 is 0 Å². The molecule has 4 heteroatoms. The first-order valence-corrected chi connectivity index (χ1v) is 8.68. The molecule has 3 unspecified atom stereocenters. The number of nitrogens with zero attached hydrogens (tertiary/aromatic N) is 1. The van der Waals surface area contributed by atoms with Crippen LogP contribution in [0.1, 0.15) is 46.0 Å². The summed E-state index contributed by atoms with van der Waals surface area (Å²) in [5.41, 5.74) is 0. The molecular formula is C17H36N2O2. The van der Waals surface area contributed by atoms with E-state index in [4.69, 9.17) is 9.47 Å². The maximum absolute atomic E-state index is 5.35. The molecule has 0 spiro atoms. The molecule has 3 atom stereocenters. The van der Waals surface area contributed by atoms with Gasteiger partial charge in [-0.1, -0.05) is 26.2 Å². The van der Waals surface area contributed by atoms with Crippen molar-refractivity contribution in [2.24, 2.45) is 5.92 Å². The zero-order valence-electron chi connectivity index (χ0n) is 14.6. The summed E-state index contributed by atoms with van der Waals surface area (Å²) in [5, 5.41) is 3.72. The van der Waals surface area contributed by atoms with Crippen LogP contribution in [0.2, 0.25) is 0 Å². The Morgan fingerprint density at radius 1 is 1.14 bits per heavy atom. The number of nitrogens with one attached hydrogen (secondary N) is 1. The molecule has 1 aliphatic rings. The summed E-state index contributed by atoms with van der Waals surface area (Å²) >= 11 is 0. The highest BCUT2D eigenvalue weighted by molar-refractivity contribution is 4.83. The lowest BCUT2D eigenvalue weighted by molar-refractivity contribution is 0.0591. The fourth-order valence-electron chi connectivity index (χ4n) is 3.48. The molecule has 4 nitrogen and oxygen atoms in total. The second-order valence-corrected chi connectivity index (χ2v) is 6.35. The van der Waals surface area contributed by atoms with E-state index in [1.807, 2.05) is 0 Å². The molecule has 0 amide bonds. The third-order valence-corrected chi connectivity index (χ3v) is 4.71. The monoisotopic (exact) mass is 300 g/mol. The van der Waals surface area contributed by atoms with Crippen LogP contribution in [0.4, 0.5) is 0 Å². The molecule has 0 heterocycles. The Labute approximate surface area is 131 Å². The van der Waals surface area contributed by atoms with Gasteiger partial charge in [0.05, 0.1) is 13.2 Å². The first-order valence-electron chi connectivity index (χ1n) is 8.68. The van der Waals surface area contributed by atoms with Gasteiger partial charge in [0, 0.05) is 39.4 Å². The van der Waals surface area contributed by atoms with Crippen molar-refractivity contribution in [3.05, 3.63) is 0 Å². The molecule has 1 aliphatic carbocycles. The summed E-state index contributed by atoms with van der Waals surface area (Å²) in [6, 6.07) is 1.13. The molecule has 1 N–H and O–H groups in total. The molecule has 0 aromatic carbocycles. The average molecular weight is 300 g/mol. The highest BCUT2D eigenvalue weighted by Crippen LogP contribution is 2.25. The van der Waals surface area contributed by atoms with E-state index >= 15 is 0 Å². The van der Waals surface area contributed by atoms with Gasteiger partial charge in [0.2, 0.25) is 0 Å². The van der Waals surface area contributed by atoms with Gasteiger partial charge in [-0.25, -0.2) is 0 Å². The fourth-order valence-corrected chi connectivity index (χ4v) is 3.48. The Morgan fingerprint density at radius 3 is 2.57 bits per heavy atom. The first-order chi connectivity index (χ1) is 10.2. The maximum Gasteiger partial charge on any atom is 0.0615 e. The van der Waals surface area contributed by atoms with Crippen LogP contribution in [0.3, 0.4) is 0 Å². The predicted molar refractivity (Wildman–Crippen MR) is 88.8 cm³/mol. The fraction of sp³-hybridized carbons (Fsp3) is 1.00. The second kappa shape index (κ2) is 11.4. The van der Waals surface area contributed by atoms with Crippen molar-refractivity contribution in [2.45, 2.75) is 58.0 Å². The highest BCUT2D eigenvalue weighted by atomic mass is 16.5. The highest BCUT2D eigenvalue weighted by Gasteiger charge is 2.26. The molecule has 0 radical (unpaired) electrons. The van der Waals surface area contributed by atoms with E-state index in [2.05, 4.69) is 24.1 Å². The number of methoxy groups -OCH3 is 2. The minimum absolute atomic E-state index is 0.454. The van der Waals surface area contributed by atoms with E-state index < -0.39 is 0 Å².